The first-order valence-corrected chi connectivity index (χ1v) is 14.3. The summed E-state index contributed by atoms with van der Waals surface area (Å²) in [4.78, 5) is 23.2. The van der Waals surface area contributed by atoms with E-state index in [0.717, 1.165) is 0 Å². The molecule has 3 aromatic rings. The van der Waals surface area contributed by atoms with Crippen molar-refractivity contribution < 1.29 is 45.3 Å². The van der Waals surface area contributed by atoms with Crippen LogP contribution in [-0.2, 0) is 28.2 Å². The predicted octanol–water partition coefficient (Wildman–Crippen LogP) is 8.15. The number of hydrogen-bond acceptors (Lipinski definition) is 7. The Morgan fingerprint density at radius 1 is 1.07 bits per heavy atom. The number of nitrogens with zero attached hydrogens (tertiary/aromatic N) is 3. The average molecular weight is 691 g/mol. The van der Waals surface area contributed by atoms with Gasteiger partial charge >= 0.3 is 18.4 Å². The van der Waals surface area contributed by atoms with Gasteiger partial charge in [-0.05, 0) is 77.7 Å². The van der Waals surface area contributed by atoms with Crippen LogP contribution >= 0.6 is 15.9 Å². The Bertz CT molecular complexity index is 1450. The van der Waals surface area contributed by atoms with E-state index in [-0.39, 0.29) is 49.1 Å². The van der Waals surface area contributed by atoms with Gasteiger partial charge in [0.1, 0.15) is 5.75 Å². The van der Waals surface area contributed by atoms with Crippen LogP contribution in [0.2, 0.25) is 0 Å². The Morgan fingerprint density at radius 3 is 2.34 bits per heavy atom. The van der Waals surface area contributed by atoms with Crippen LogP contribution in [0.1, 0.15) is 60.7 Å². The van der Waals surface area contributed by atoms with Crippen LogP contribution in [0.3, 0.4) is 0 Å². The van der Waals surface area contributed by atoms with E-state index in [9.17, 15) is 31.1 Å². The maximum atomic E-state index is 13.4. The lowest BCUT2D eigenvalue weighted by molar-refractivity contribution is -0.143. The first-order chi connectivity index (χ1) is 20.7. The number of methoxy groups -OCH3 is 1. The molecular formula is C29H29BrF6N4O4. The fraction of sp³-hybridized carbons (Fsp3) is 0.414. The van der Waals surface area contributed by atoms with Crippen molar-refractivity contribution in [3.63, 3.8) is 0 Å². The van der Waals surface area contributed by atoms with Gasteiger partial charge in [-0.15, -0.1) is 0 Å². The Hall–Kier alpha value is -3.59. The second-order valence-corrected chi connectivity index (χ2v) is 10.8. The number of carbonyl (C=O) groups excluding carboxylic acids is 1. The molecule has 0 fully saturated rings. The van der Waals surface area contributed by atoms with Crippen LogP contribution in [0.5, 0.6) is 5.75 Å². The molecule has 1 amide bonds. The number of benzene rings is 2. The topological polar surface area (TPSA) is 85.8 Å². The fourth-order valence-electron chi connectivity index (χ4n) is 4.94. The summed E-state index contributed by atoms with van der Waals surface area (Å²) in [5.41, 5.74) is -1.64. The number of ether oxygens (including phenoxy) is 3. The summed E-state index contributed by atoms with van der Waals surface area (Å²) >= 11 is 3.26. The summed E-state index contributed by atoms with van der Waals surface area (Å²) in [6, 6.07) is 5.87. The molecule has 2 aromatic carbocycles. The Balaban J connectivity index is 1.70. The van der Waals surface area contributed by atoms with E-state index < -0.39 is 35.6 Å². The van der Waals surface area contributed by atoms with Crippen LogP contribution in [0.4, 0.5) is 42.8 Å². The van der Waals surface area contributed by atoms with Crippen molar-refractivity contribution >= 4 is 33.7 Å². The highest BCUT2D eigenvalue weighted by Gasteiger charge is 2.38. The number of fused-ring (bicyclic) bond motifs is 1. The number of amides is 1. The fourth-order valence-corrected chi connectivity index (χ4v) is 5.27. The number of halogens is 7. The highest BCUT2D eigenvalue weighted by molar-refractivity contribution is 9.10. The number of alkyl halides is 6. The molecule has 1 aliphatic heterocycles. The van der Waals surface area contributed by atoms with E-state index in [1.807, 2.05) is 6.92 Å². The summed E-state index contributed by atoms with van der Waals surface area (Å²) in [6.07, 6.45) is -8.43. The normalized spacial score (nSPS) is 16.8. The smallest absolute Gasteiger partial charge is 0.416 e. The maximum absolute atomic E-state index is 13.4. The zero-order chi connectivity index (χ0) is 32.2. The predicted molar refractivity (Wildman–Crippen MR) is 152 cm³/mol. The van der Waals surface area contributed by atoms with Crippen LogP contribution in [0.15, 0.2) is 47.1 Å². The third kappa shape index (κ3) is 7.73. The molecular weight excluding hydrogens is 662 g/mol. The summed E-state index contributed by atoms with van der Waals surface area (Å²) < 4.78 is 96.7. The molecule has 1 aromatic heterocycles. The molecule has 1 aliphatic rings. The second kappa shape index (κ2) is 13.6. The molecule has 15 heteroatoms. The maximum Gasteiger partial charge on any atom is 0.416 e. The van der Waals surface area contributed by atoms with Gasteiger partial charge in [-0.2, -0.15) is 26.3 Å². The summed E-state index contributed by atoms with van der Waals surface area (Å²) in [5.74, 6) is 0.559. The van der Waals surface area contributed by atoms with Crippen molar-refractivity contribution in [2.24, 2.45) is 0 Å². The molecule has 2 heterocycles. The molecule has 238 valence electrons. The van der Waals surface area contributed by atoms with E-state index in [4.69, 9.17) is 14.2 Å². The van der Waals surface area contributed by atoms with Crippen LogP contribution < -0.4 is 15.0 Å². The van der Waals surface area contributed by atoms with Crippen molar-refractivity contribution in [1.82, 2.24) is 9.97 Å². The molecule has 0 unspecified atom stereocenters. The van der Waals surface area contributed by atoms with Gasteiger partial charge < -0.3 is 19.5 Å². The number of carbonyl (C=O) groups is 1. The van der Waals surface area contributed by atoms with E-state index >= 15 is 0 Å². The summed E-state index contributed by atoms with van der Waals surface area (Å²) in [6.45, 7) is 3.81. The zero-order valence-corrected chi connectivity index (χ0v) is 25.4. The van der Waals surface area contributed by atoms with E-state index in [2.05, 4.69) is 31.2 Å². The lowest BCUT2D eigenvalue weighted by Crippen LogP contribution is -2.46. The first-order valence-electron chi connectivity index (χ1n) is 13.5. The van der Waals surface area contributed by atoms with Gasteiger partial charge in [0.25, 0.3) is 0 Å². The van der Waals surface area contributed by atoms with E-state index in [0.29, 0.717) is 46.4 Å². The third-order valence-corrected chi connectivity index (χ3v) is 7.59. The summed E-state index contributed by atoms with van der Waals surface area (Å²) in [5, 5.41) is 3.23. The molecule has 8 nitrogen and oxygen atoms in total. The van der Waals surface area contributed by atoms with Crippen LogP contribution in [0, 0.1) is 0 Å². The van der Waals surface area contributed by atoms with Gasteiger partial charge in [-0.25, -0.2) is 14.8 Å². The quantitative estimate of drug-likeness (QED) is 0.179. The lowest BCUT2D eigenvalue weighted by Gasteiger charge is -2.40. The van der Waals surface area contributed by atoms with Crippen molar-refractivity contribution in [1.29, 1.82) is 0 Å². The standard InChI is InChI=1S/C29H29BrF6N4O4/c1-4-19-12-23(21-13-20(44-15-42-3)6-7-25(21)40(19)27(41)43-5-2)38-26-37-14-22(30)24(39-26)10-16-8-17(28(31,32)33)11-18(9-16)29(34,35)36/h6-9,11,13-14,19,23H,4-5,10,12,15H2,1-3H3,(H,37,38,39)/t19-,23+/m1/s1. The minimum Gasteiger partial charge on any atom is -0.468 e. The lowest BCUT2D eigenvalue weighted by atomic mass is 9.90. The van der Waals surface area contributed by atoms with Gasteiger partial charge in [0.05, 0.1) is 39.6 Å². The Labute approximate surface area is 257 Å². The molecule has 1 N–H and O–H groups in total. The molecule has 0 saturated heterocycles. The van der Waals surface area contributed by atoms with Gasteiger partial charge in [-0.3, -0.25) is 4.90 Å². The highest BCUT2D eigenvalue weighted by Crippen LogP contribution is 2.42. The van der Waals surface area contributed by atoms with Crippen molar-refractivity contribution in [2.75, 3.05) is 30.7 Å². The Morgan fingerprint density at radius 2 is 1.75 bits per heavy atom. The number of rotatable bonds is 9. The van der Waals surface area contributed by atoms with Gasteiger partial charge in [0.2, 0.25) is 5.95 Å². The molecule has 4 rings (SSSR count). The number of anilines is 2. The van der Waals surface area contributed by atoms with Crippen LogP contribution in [-0.4, -0.2) is 42.6 Å². The Kier molecular flexibility index (Phi) is 10.3. The molecule has 0 aliphatic carbocycles. The van der Waals surface area contributed by atoms with Gasteiger partial charge in [0.15, 0.2) is 6.79 Å². The molecule has 0 radical (unpaired) electrons. The average Bonchev–Trinajstić information content (AvgIpc) is 2.96. The third-order valence-electron chi connectivity index (χ3n) is 6.93. The first kappa shape index (κ1) is 33.3. The summed E-state index contributed by atoms with van der Waals surface area (Å²) in [7, 11) is 1.48. The molecule has 0 bridgehead atoms. The highest BCUT2D eigenvalue weighted by atomic mass is 79.9. The SMILES string of the molecule is CCOC(=O)N1c2ccc(OCOC)cc2[C@@H](Nc2ncc(Br)c(Cc3cc(C(F)(F)F)cc(C(F)(F)F)c3)n2)C[C@H]1CC. The number of hydrogen-bond donors (Lipinski definition) is 1. The van der Waals surface area contributed by atoms with Crippen molar-refractivity contribution in [3.05, 3.63) is 75.0 Å². The van der Waals surface area contributed by atoms with Crippen LogP contribution in [0.25, 0.3) is 0 Å². The molecule has 0 spiro atoms. The molecule has 0 saturated carbocycles. The van der Waals surface area contributed by atoms with Crippen molar-refractivity contribution in [3.8, 4) is 5.75 Å². The second-order valence-electron chi connectivity index (χ2n) is 9.91. The largest absolute Gasteiger partial charge is 0.468 e. The monoisotopic (exact) mass is 690 g/mol. The zero-order valence-electron chi connectivity index (χ0n) is 23.9. The van der Waals surface area contributed by atoms with E-state index in [1.54, 1.807) is 30.0 Å². The molecule has 44 heavy (non-hydrogen) atoms. The number of aromatic nitrogens is 2. The minimum atomic E-state index is -4.97. The van der Waals surface area contributed by atoms with Gasteiger partial charge in [-0.1, -0.05) is 6.92 Å². The molecule has 2 atom stereocenters. The minimum absolute atomic E-state index is 0.0131. The van der Waals surface area contributed by atoms with Gasteiger partial charge in [0, 0.05) is 31.3 Å². The number of nitrogens with one attached hydrogen (secondary N) is 1. The van der Waals surface area contributed by atoms with E-state index in [1.165, 1.54) is 13.3 Å². The van der Waals surface area contributed by atoms with Crippen molar-refractivity contribution in [2.45, 2.75) is 57.5 Å².